The summed E-state index contributed by atoms with van der Waals surface area (Å²) in [6.45, 7) is 6.44. The van der Waals surface area contributed by atoms with E-state index in [1.54, 1.807) is 62.9 Å². The summed E-state index contributed by atoms with van der Waals surface area (Å²) < 4.78 is 47.1. The fraction of sp³-hybridized carbons (Fsp3) is 0.500. The second kappa shape index (κ2) is 10.4. The molecule has 1 heterocycles. The number of amides is 1. The summed E-state index contributed by atoms with van der Waals surface area (Å²) in [4.78, 5) is 15.8. The molecule has 1 aliphatic heterocycles. The van der Waals surface area contributed by atoms with Gasteiger partial charge in [0.15, 0.2) is 15.4 Å². The van der Waals surface area contributed by atoms with Gasteiger partial charge >= 0.3 is 0 Å². The van der Waals surface area contributed by atoms with E-state index in [0.717, 1.165) is 12.8 Å². The Morgan fingerprint density at radius 1 is 1.18 bits per heavy atom. The summed E-state index contributed by atoms with van der Waals surface area (Å²) in [7, 11) is -3.65. The van der Waals surface area contributed by atoms with E-state index in [1.165, 1.54) is 12.1 Å². The van der Waals surface area contributed by atoms with Crippen LogP contribution in [0.25, 0.3) is 0 Å². The lowest BCUT2D eigenvalue weighted by molar-refractivity contribution is -0.201. The van der Waals surface area contributed by atoms with Crippen molar-refractivity contribution in [3.8, 4) is 6.07 Å². The number of hydrogen-bond donors (Lipinski definition) is 0. The van der Waals surface area contributed by atoms with Crippen LogP contribution in [0.5, 0.6) is 0 Å². The average molecular weight is 582 g/mol. The number of morpholine rings is 1. The monoisotopic (exact) mass is 580 g/mol. The van der Waals surface area contributed by atoms with Crippen molar-refractivity contribution >= 4 is 38.9 Å². The third kappa shape index (κ3) is 5.58. The van der Waals surface area contributed by atoms with E-state index >= 15 is 0 Å². The van der Waals surface area contributed by atoms with Gasteiger partial charge in [0, 0.05) is 11.1 Å². The zero-order valence-corrected chi connectivity index (χ0v) is 24.1. The Bertz CT molecular complexity index is 1380. The zero-order valence-electron chi connectivity index (χ0n) is 21.7. The normalized spacial score (nSPS) is 25.2. The number of ether oxygens (including phenoxy) is 1. The van der Waals surface area contributed by atoms with Gasteiger partial charge in [-0.1, -0.05) is 41.4 Å². The molecular weight excluding hydrogens is 550 g/mol. The van der Waals surface area contributed by atoms with Gasteiger partial charge in [-0.2, -0.15) is 5.26 Å². The predicted molar refractivity (Wildman–Crippen MR) is 145 cm³/mol. The van der Waals surface area contributed by atoms with Crippen molar-refractivity contribution in [3.05, 3.63) is 69.5 Å². The summed E-state index contributed by atoms with van der Waals surface area (Å²) in [6, 6.07) is 11.7. The number of rotatable bonds is 7. The van der Waals surface area contributed by atoms with Crippen LogP contribution in [-0.4, -0.2) is 41.4 Å². The molecule has 2 fully saturated rings. The maximum absolute atomic E-state index is 14.8. The van der Waals surface area contributed by atoms with Crippen molar-refractivity contribution in [1.82, 2.24) is 4.90 Å². The molecule has 0 bridgehead atoms. The van der Waals surface area contributed by atoms with E-state index in [1.807, 2.05) is 6.07 Å². The highest BCUT2D eigenvalue weighted by Gasteiger charge is 2.56. The van der Waals surface area contributed by atoms with Crippen LogP contribution in [0.3, 0.4) is 0 Å². The number of sulfone groups is 1. The number of benzene rings is 2. The standard InChI is InChI=1S/C28H31Cl2FN2O4S/c1-27(2,3)38(35,36)16-23(17-8-9-17)33-24(18-10-11-21(30)22(31)15-18)25(19-6-5-7-20(29)14-19)37-28(4,12-13-32)26(33)34/h5-7,10-11,14-15,17,23-25H,8-9,12,16H2,1-4H3/t23-,24-,25-,28-/m1/s1. The maximum atomic E-state index is 14.8. The molecule has 1 saturated heterocycles. The minimum Gasteiger partial charge on any atom is -0.354 e. The highest BCUT2D eigenvalue weighted by atomic mass is 35.5. The summed E-state index contributed by atoms with van der Waals surface area (Å²) in [5.74, 6) is -1.49. The van der Waals surface area contributed by atoms with E-state index in [-0.39, 0.29) is 23.1 Å². The Morgan fingerprint density at radius 2 is 1.87 bits per heavy atom. The highest BCUT2D eigenvalue weighted by molar-refractivity contribution is 7.92. The van der Waals surface area contributed by atoms with Gasteiger partial charge in [0.2, 0.25) is 0 Å². The van der Waals surface area contributed by atoms with Gasteiger partial charge in [-0.15, -0.1) is 0 Å². The largest absolute Gasteiger partial charge is 0.354 e. The fourth-order valence-electron chi connectivity index (χ4n) is 4.93. The first-order chi connectivity index (χ1) is 17.7. The second-order valence-corrected chi connectivity index (χ2v) is 14.9. The number of nitrogens with zero attached hydrogens (tertiary/aromatic N) is 2. The van der Waals surface area contributed by atoms with Crippen molar-refractivity contribution in [1.29, 1.82) is 5.26 Å². The summed E-state index contributed by atoms with van der Waals surface area (Å²) in [6.07, 6.45) is 0.412. The van der Waals surface area contributed by atoms with Crippen molar-refractivity contribution < 1.29 is 22.3 Å². The molecule has 0 spiro atoms. The van der Waals surface area contributed by atoms with Gasteiger partial charge < -0.3 is 9.64 Å². The lowest BCUT2D eigenvalue weighted by Crippen LogP contribution is -2.62. The van der Waals surface area contributed by atoms with E-state index in [2.05, 4.69) is 0 Å². The Hall–Kier alpha value is -2.18. The average Bonchev–Trinajstić information content (AvgIpc) is 3.66. The molecular formula is C28H31Cl2FN2O4S. The first-order valence-electron chi connectivity index (χ1n) is 12.5. The topological polar surface area (TPSA) is 87.5 Å². The maximum Gasteiger partial charge on any atom is 0.256 e. The molecule has 2 aromatic rings. The zero-order chi connectivity index (χ0) is 28.0. The number of hydrogen-bond acceptors (Lipinski definition) is 5. The lowest BCUT2D eigenvalue weighted by atomic mass is 9.86. The van der Waals surface area contributed by atoms with Crippen LogP contribution >= 0.6 is 23.2 Å². The van der Waals surface area contributed by atoms with Crippen molar-refractivity contribution in [2.75, 3.05) is 5.75 Å². The Morgan fingerprint density at radius 3 is 2.42 bits per heavy atom. The molecule has 0 aromatic heterocycles. The molecule has 0 N–H and O–H groups in total. The van der Waals surface area contributed by atoms with Gasteiger partial charge in [-0.3, -0.25) is 4.79 Å². The van der Waals surface area contributed by atoms with Gasteiger partial charge in [-0.25, -0.2) is 12.8 Å². The third-order valence-corrected chi connectivity index (χ3v) is 10.6. The van der Waals surface area contributed by atoms with E-state index < -0.39 is 50.1 Å². The highest BCUT2D eigenvalue weighted by Crippen LogP contribution is 2.51. The van der Waals surface area contributed by atoms with Gasteiger partial charge in [0.05, 0.1) is 34.1 Å². The van der Waals surface area contributed by atoms with Gasteiger partial charge in [0.25, 0.3) is 5.91 Å². The number of nitriles is 1. The van der Waals surface area contributed by atoms with E-state index in [9.17, 15) is 22.9 Å². The van der Waals surface area contributed by atoms with Crippen LogP contribution in [0.1, 0.15) is 70.2 Å². The molecule has 1 saturated carbocycles. The predicted octanol–water partition coefficient (Wildman–Crippen LogP) is 6.44. The summed E-state index contributed by atoms with van der Waals surface area (Å²) in [5, 5.41) is 9.97. The summed E-state index contributed by atoms with van der Waals surface area (Å²) >= 11 is 12.3. The number of carbonyl (C=O) groups is 1. The Balaban J connectivity index is 1.96. The fourth-order valence-corrected chi connectivity index (χ4v) is 6.63. The summed E-state index contributed by atoms with van der Waals surface area (Å²) in [5.41, 5.74) is -0.530. The molecule has 1 aliphatic carbocycles. The Kier molecular flexibility index (Phi) is 7.90. The quantitative estimate of drug-likeness (QED) is 0.376. The molecule has 204 valence electrons. The van der Waals surface area contributed by atoms with Crippen LogP contribution in [0.4, 0.5) is 4.39 Å². The van der Waals surface area contributed by atoms with Crippen molar-refractivity contribution in [2.24, 2.45) is 5.92 Å². The Labute approximate surface area is 233 Å². The minimum atomic E-state index is -3.65. The van der Waals surface area contributed by atoms with E-state index in [0.29, 0.717) is 16.1 Å². The van der Waals surface area contributed by atoms with Gasteiger partial charge in [-0.05, 0) is 81.8 Å². The molecule has 10 heteroatoms. The van der Waals surface area contributed by atoms with Crippen molar-refractivity contribution in [2.45, 2.75) is 75.5 Å². The van der Waals surface area contributed by atoms with Crippen molar-refractivity contribution in [3.63, 3.8) is 0 Å². The first kappa shape index (κ1) is 28.8. The van der Waals surface area contributed by atoms with Crippen LogP contribution in [-0.2, 0) is 19.4 Å². The molecule has 38 heavy (non-hydrogen) atoms. The third-order valence-electron chi connectivity index (χ3n) is 7.39. The van der Waals surface area contributed by atoms with Crippen LogP contribution < -0.4 is 0 Å². The number of carbonyl (C=O) groups excluding carboxylic acids is 1. The molecule has 0 unspecified atom stereocenters. The number of halogens is 3. The molecule has 0 radical (unpaired) electrons. The molecule has 1 amide bonds. The smallest absolute Gasteiger partial charge is 0.256 e. The molecule has 4 rings (SSSR count). The SMILES string of the molecule is CC(C)(C)S(=O)(=O)C[C@H](C1CC1)N1C(=O)[C@@](C)(CC#N)O[C@H](c2cccc(Cl)c2)[C@H]1c1ccc(Cl)c(F)c1. The molecule has 2 aliphatic rings. The first-order valence-corrected chi connectivity index (χ1v) is 14.9. The van der Waals surface area contributed by atoms with Gasteiger partial charge in [0.1, 0.15) is 11.9 Å². The van der Waals surface area contributed by atoms with Crippen LogP contribution in [0.15, 0.2) is 42.5 Å². The van der Waals surface area contributed by atoms with Crippen LogP contribution in [0.2, 0.25) is 10.0 Å². The molecule has 6 nitrogen and oxygen atoms in total. The molecule has 4 atom stereocenters. The molecule has 2 aromatic carbocycles. The van der Waals surface area contributed by atoms with Crippen LogP contribution in [0, 0.1) is 23.1 Å². The second-order valence-electron chi connectivity index (χ2n) is 11.3. The van der Waals surface area contributed by atoms with E-state index in [4.69, 9.17) is 27.9 Å². The minimum absolute atomic E-state index is 0.0554. The lowest BCUT2D eigenvalue weighted by Gasteiger charge is -2.51.